The van der Waals surface area contributed by atoms with Crippen molar-refractivity contribution in [2.45, 2.75) is 26.3 Å². The second-order valence-electron chi connectivity index (χ2n) is 6.01. The van der Waals surface area contributed by atoms with Gasteiger partial charge in [-0.15, -0.1) is 0 Å². The number of rotatable bonds is 5. The molecule has 1 heterocycles. The third-order valence-corrected chi connectivity index (χ3v) is 3.87. The number of carbonyl (C=O) groups is 3. The Labute approximate surface area is 145 Å². The van der Waals surface area contributed by atoms with E-state index in [1.807, 2.05) is 13.8 Å². The minimum absolute atomic E-state index is 0.156. The molecular formula is C17H19ClN2O4. The summed E-state index contributed by atoms with van der Waals surface area (Å²) in [5.41, 5.74) is 0.612. The fourth-order valence-electron chi connectivity index (χ4n) is 2.45. The van der Waals surface area contributed by atoms with Crippen molar-refractivity contribution in [3.63, 3.8) is 0 Å². The summed E-state index contributed by atoms with van der Waals surface area (Å²) >= 11 is 6.09. The number of nitrogens with one attached hydrogen (secondary N) is 1. The molecule has 1 aliphatic rings. The van der Waals surface area contributed by atoms with Crippen LogP contribution in [0.3, 0.4) is 0 Å². The number of carboxylic acids is 1. The quantitative estimate of drug-likeness (QED) is 0.799. The molecule has 0 saturated carbocycles. The van der Waals surface area contributed by atoms with Gasteiger partial charge in [0.2, 0.25) is 5.91 Å². The first-order valence-electron chi connectivity index (χ1n) is 7.59. The van der Waals surface area contributed by atoms with E-state index >= 15 is 0 Å². The zero-order valence-electron chi connectivity index (χ0n) is 13.5. The molecule has 0 saturated heterocycles. The summed E-state index contributed by atoms with van der Waals surface area (Å²) in [4.78, 5) is 36.9. The Bertz CT molecular complexity index is 700. The van der Waals surface area contributed by atoms with Crippen LogP contribution in [0.25, 0.3) is 0 Å². The number of nitrogens with zero attached hydrogens (tertiary/aromatic N) is 1. The van der Waals surface area contributed by atoms with Gasteiger partial charge in [0.25, 0.3) is 5.91 Å². The van der Waals surface area contributed by atoms with Crippen molar-refractivity contribution in [2.24, 2.45) is 5.92 Å². The second kappa shape index (κ2) is 7.49. The Hall–Kier alpha value is -2.34. The standard InChI is InChI=1S/C17H19ClN2O4/c1-10(2)8-15(21)19-11-5-6-13(18)12(9-11)16(22)20-7-3-4-14(20)17(23)24/h3-6,9-10,14H,7-8H2,1-2H3,(H,19,21)(H,23,24). The van der Waals surface area contributed by atoms with Crippen LogP contribution in [0, 0.1) is 5.92 Å². The molecule has 0 aromatic heterocycles. The molecule has 1 unspecified atom stereocenters. The smallest absolute Gasteiger partial charge is 0.330 e. The summed E-state index contributed by atoms with van der Waals surface area (Å²) in [6.07, 6.45) is 3.45. The lowest BCUT2D eigenvalue weighted by Gasteiger charge is -2.22. The Balaban J connectivity index is 2.21. The van der Waals surface area contributed by atoms with E-state index in [2.05, 4.69) is 5.32 Å². The minimum Gasteiger partial charge on any atom is -0.479 e. The molecule has 6 nitrogen and oxygen atoms in total. The molecule has 0 aliphatic carbocycles. The third kappa shape index (κ3) is 4.14. The lowest BCUT2D eigenvalue weighted by molar-refractivity contribution is -0.140. The molecule has 1 aliphatic heterocycles. The molecule has 1 atom stereocenters. The first-order valence-corrected chi connectivity index (χ1v) is 7.97. The summed E-state index contributed by atoms with van der Waals surface area (Å²) in [5.74, 6) is -1.53. The van der Waals surface area contributed by atoms with Crippen LogP contribution < -0.4 is 5.32 Å². The van der Waals surface area contributed by atoms with Crippen LogP contribution in [0.5, 0.6) is 0 Å². The summed E-state index contributed by atoms with van der Waals surface area (Å²) < 4.78 is 0. The highest BCUT2D eigenvalue weighted by Crippen LogP contribution is 2.24. The maximum absolute atomic E-state index is 12.6. The number of carboxylic acid groups (broad SMARTS) is 1. The molecule has 1 aromatic rings. The summed E-state index contributed by atoms with van der Waals surface area (Å²) in [6.45, 7) is 4.07. The molecule has 0 bridgehead atoms. The average molecular weight is 351 g/mol. The fraction of sp³-hybridized carbons (Fsp3) is 0.353. The van der Waals surface area contributed by atoms with Gasteiger partial charge in [0.15, 0.2) is 0 Å². The molecule has 128 valence electrons. The fourth-order valence-corrected chi connectivity index (χ4v) is 2.65. The van der Waals surface area contributed by atoms with Gasteiger partial charge in [-0.3, -0.25) is 9.59 Å². The van der Waals surface area contributed by atoms with Gasteiger partial charge in [0, 0.05) is 18.7 Å². The number of hydrogen-bond donors (Lipinski definition) is 2. The molecule has 0 radical (unpaired) electrons. The van der Waals surface area contributed by atoms with Crippen LogP contribution in [0.4, 0.5) is 5.69 Å². The second-order valence-corrected chi connectivity index (χ2v) is 6.42. The lowest BCUT2D eigenvalue weighted by Crippen LogP contribution is -2.41. The van der Waals surface area contributed by atoms with E-state index in [1.54, 1.807) is 12.1 Å². The third-order valence-electron chi connectivity index (χ3n) is 3.54. The number of anilines is 1. The van der Waals surface area contributed by atoms with Crippen LogP contribution >= 0.6 is 11.6 Å². The van der Waals surface area contributed by atoms with Gasteiger partial charge < -0.3 is 15.3 Å². The largest absolute Gasteiger partial charge is 0.479 e. The van der Waals surface area contributed by atoms with Gasteiger partial charge in [-0.2, -0.15) is 0 Å². The topological polar surface area (TPSA) is 86.7 Å². The monoisotopic (exact) mass is 350 g/mol. The number of aliphatic carboxylic acids is 1. The maximum atomic E-state index is 12.6. The molecule has 2 N–H and O–H groups in total. The molecule has 24 heavy (non-hydrogen) atoms. The van der Waals surface area contributed by atoms with E-state index in [1.165, 1.54) is 23.1 Å². The molecular weight excluding hydrogens is 332 g/mol. The van der Waals surface area contributed by atoms with Gasteiger partial charge in [-0.25, -0.2) is 4.79 Å². The van der Waals surface area contributed by atoms with Gasteiger partial charge in [0.05, 0.1) is 10.6 Å². The average Bonchev–Trinajstić information content (AvgIpc) is 2.97. The Morgan fingerprint density at radius 1 is 1.38 bits per heavy atom. The molecule has 2 rings (SSSR count). The highest BCUT2D eigenvalue weighted by atomic mass is 35.5. The number of carbonyl (C=O) groups excluding carboxylic acids is 2. The molecule has 2 amide bonds. The zero-order chi connectivity index (χ0) is 17.9. The maximum Gasteiger partial charge on any atom is 0.330 e. The predicted octanol–water partition coefficient (Wildman–Crippen LogP) is 2.79. The van der Waals surface area contributed by atoms with Gasteiger partial charge >= 0.3 is 5.97 Å². The van der Waals surface area contributed by atoms with Crippen molar-refractivity contribution in [1.82, 2.24) is 4.90 Å². The van der Waals surface area contributed by atoms with E-state index in [0.29, 0.717) is 12.1 Å². The summed E-state index contributed by atoms with van der Waals surface area (Å²) in [5, 5.41) is 12.1. The van der Waals surface area contributed by atoms with Gasteiger partial charge in [0.1, 0.15) is 6.04 Å². The number of amides is 2. The van der Waals surface area contributed by atoms with Crippen LogP contribution in [0.2, 0.25) is 5.02 Å². The molecule has 0 fully saturated rings. The Morgan fingerprint density at radius 3 is 2.71 bits per heavy atom. The number of halogens is 1. The minimum atomic E-state index is -1.10. The van der Waals surface area contributed by atoms with Crippen LogP contribution in [0.15, 0.2) is 30.4 Å². The summed E-state index contributed by atoms with van der Waals surface area (Å²) in [7, 11) is 0. The van der Waals surface area contributed by atoms with E-state index in [0.717, 1.165) is 0 Å². The number of hydrogen-bond acceptors (Lipinski definition) is 3. The first-order chi connectivity index (χ1) is 11.3. The van der Waals surface area contributed by atoms with Crippen LogP contribution in [-0.4, -0.2) is 40.4 Å². The Morgan fingerprint density at radius 2 is 2.08 bits per heavy atom. The van der Waals surface area contributed by atoms with E-state index < -0.39 is 17.9 Å². The van der Waals surface area contributed by atoms with E-state index in [9.17, 15) is 19.5 Å². The highest BCUT2D eigenvalue weighted by molar-refractivity contribution is 6.34. The lowest BCUT2D eigenvalue weighted by atomic mass is 10.1. The molecule has 0 spiro atoms. The van der Waals surface area contributed by atoms with Crippen molar-refractivity contribution in [3.8, 4) is 0 Å². The normalized spacial score (nSPS) is 16.5. The molecule has 7 heteroatoms. The summed E-state index contributed by atoms with van der Waals surface area (Å²) in [6, 6.07) is 3.58. The van der Waals surface area contributed by atoms with Gasteiger partial charge in [-0.1, -0.05) is 37.6 Å². The van der Waals surface area contributed by atoms with Crippen molar-refractivity contribution >= 4 is 35.1 Å². The highest BCUT2D eigenvalue weighted by Gasteiger charge is 2.31. The van der Waals surface area contributed by atoms with Crippen molar-refractivity contribution < 1.29 is 19.5 Å². The van der Waals surface area contributed by atoms with E-state index in [4.69, 9.17) is 11.6 Å². The van der Waals surface area contributed by atoms with Crippen molar-refractivity contribution in [3.05, 3.63) is 40.9 Å². The Kier molecular flexibility index (Phi) is 5.62. The SMILES string of the molecule is CC(C)CC(=O)Nc1ccc(Cl)c(C(=O)N2CC=CC2C(=O)O)c1. The van der Waals surface area contributed by atoms with Crippen LogP contribution in [0.1, 0.15) is 30.6 Å². The predicted molar refractivity (Wildman–Crippen MR) is 91.1 cm³/mol. The van der Waals surface area contributed by atoms with Crippen molar-refractivity contribution in [1.29, 1.82) is 0 Å². The zero-order valence-corrected chi connectivity index (χ0v) is 14.2. The number of benzene rings is 1. The van der Waals surface area contributed by atoms with Crippen LogP contribution in [-0.2, 0) is 9.59 Å². The molecule has 1 aromatic carbocycles. The van der Waals surface area contributed by atoms with Crippen molar-refractivity contribution in [2.75, 3.05) is 11.9 Å². The first kappa shape index (κ1) is 18.0. The van der Waals surface area contributed by atoms with Gasteiger partial charge in [-0.05, 0) is 24.1 Å². The van der Waals surface area contributed by atoms with E-state index in [-0.39, 0.29) is 29.0 Å².